The van der Waals surface area contributed by atoms with Gasteiger partial charge in [-0.05, 0) is 38.1 Å². The molecule has 6 heteroatoms. The van der Waals surface area contributed by atoms with Crippen molar-refractivity contribution in [3.63, 3.8) is 0 Å². The SMILES string of the molecule is COc1ccc(OC)c(NC(=O)c2cccnc2NC(C)C)c1. The number of nitrogens with one attached hydrogen (secondary N) is 2. The van der Waals surface area contributed by atoms with Crippen LogP contribution in [0.15, 0.2) is 36.5 Å². The predicted octanol–water partition coefficient (Wildman–Crippen LogP) is 3.17. The van der Waals surface area contributed by atoms with E-state index in [0.717, 1.165) is 0 Å². The van der Waals surface area contributed by atoms with Crippen molar-refractivity contribution in [3.05, 3.63) is 42.1 Å². The fraction of sp³-hybridized carbons (Fsp3) is 0.294. The molecule has 2 rings (SSSR count). The van der Waals surface area contributed by atoms with E-state index in [2.05, 4.69) is 15.6 Å². The molecule has 0 aliphatic heterocycles. The summed E-state index contributed by atoms with van der Waals surface area (Å²) in [6.07, 6.45) is 1.65. The van der Waals surface area contributed by atoms with E-state index in [9.17, 15) is 4.79 Å². The average Bonchev–Trinajstić information content (AvgIpc) is 2.54. The third-order valence-electron chi connectivity index (χ3n) is 3.13. The molecule has 0 saturated carbocycles. The van der Waals surface area contributed by atoms with Crippen LogP contribution in [0.1, 0.15) is 24.2 Å². The summed E-state index contributed by atoms with van der Waals surface area (Å²) >= 11 is 0. The number of aromatic nitrogens is 1. The normalized spacial score (nSPS) is 10.3. The summed E-state index contributed by atoms with van der Waals surface area (Å²) in [4.78, 5) is 16.8. The minimum atomic E-state index is -0.271. The summed E-state index contributed by atoms with van der Waals surface area (Å²) in [7, 11) is 3.12. The molecule has 0 saturated heterocycles. The van der Waals surface area contributed by atoms with Crippen LogP contribution < -0.4 is 20.1 Å². The first kappa shape index (κ1) is 16.6. The van der Waals surface area contributed by atoms with Crippen molar-refractivity contribution in [2.24, 2.45) is 0 Å². The maximum atomic E-state index is 12.6. The van der Waals surface area contributed by atoms with E-state index in [1.807, 2.05) is 13.8 Å². The first-order valence-electron chi connectivity index (χ1n) is 7.30. The standard InChI is InChI=1S/C17H21N3O3/c1-11(2)19-16-13(6-5-9-18-16)17(21)20-14-10-12(22-3)7-8-15(14)23-4/h5-11H,1-4H3,(H,18,19)(H,20,21). The van der Waals surface area contributed by atoms with E-state index in [1.165, 1.54) is 0 Å². The molecule has 0 radical (unpaired) electrons. The Bertz CT molecular complexity index is 687. The van der Waals surface area contributed by atoms with Gasteiger partial charge in [0.2, 0.25) is 0 Å². The van der Waals surface area contributed by atoms with Gasteiger partial charge in [0.25, 0.3) is 5.91 Å². The van der Waals surface area contributed by atoms with E-state index in [0.29, 0.717) is 28.6 Å². The van der Waals surface area contributed by atoms with E-state index in [1.54, 1.807) is 50.7 Å². The quantitative estimate of drug-likeness (QED) is 0.856. The van der Waals surface area contributed by atoms with E-state index >= 15 is 0 Å². The van der Waals surface area contributed by atoms with Crippen LogP contribution in [0, 0.1) is 0 Å². The number of carbonyl (C=O) groups excluding carboxylic acids is 1. The van der Waals surface area contributed by atoms with Gasteiger partial charge in [-0.2, -0.15) is 0 Å². The van der Waals surface area contributed by atoms with Gasteiger partial charge in [0.05, 0.1) is 25.5 Å². The predicted molar refractivity (Wildman–Crippen MR) is 90.5 cm³/mol. The number of carbonyl (C=O) groups is 1. The van der Waals surface area contributed by atoms with Crippen molar-refractivity contribution in [2.75, 3.05) is 24.9 Å². The maximum absolute atomic E-state index is 12.6. The molecule has 1 aromatic heterocycles. The molecule has 2 N–H and O–H groups in total. The molecule has 1 heterocycles. The number of pyridine rings is 1. The number of anilines is 2. The van der Waals surface area contributed by atoms with Gasteiger partial charge in [-0.3, -0.25) is 4.79 Å². The lowest BCUT2D eigenvalue weighted by molar-refractivity contribution is 0.102. The Balaban J connectivity index is 2.29. The van der Waals surface area contributed by atoms with Crippen molar-refractivity contribution >= 4 is 17.4 Å². The summed E-state index contributed by atoms with van der Waals surface area (Å²) in [5.41, 5.74) is 1.00. The molecule has 6 nitrogen and oxygen atoms in total. The molecule has 122 valence electrons. The fourth-order valence-electron chi connectivity index (χ4n) is 2.08. The number of methoxy groups -OCH3 is 2. The summed E-state index contributed by atoms with van der Waals surface area (Å²) in [6.45, 7) is 3.98. The summed E-state index contributed by atoms with van der Waals surface area (Å²) in [5.74, 6) is 1.46. The third-order valence-corrected chi connectivity index (χ3v) is 3.13. The lowest BCUT2D eigenvalue weighted by Gasteiger charge is -2.15. The van der Waals surface area contributed by atoms with Crippen LogP contribution in [0.5, 0.6) is 11.5 Å². The topological polar surface area (TPSA) is 72.5 Å². The molecule has 1 aromatic carbocycles. The van der Waals surface area contributed by atoms with Crippen LogP contribution in [0.4, 0.5) is 11.5 Å². The Hall–Kier alpha value is -2.76. The number of amides is 1. The highest BCUT2D eigenvalue weighted by Crippen LogP contribution is 2.29. The molecule has 0 aliphatic rings. The molecule has 2 aromatic rings. The Morgan fingerprint density at radius 1 is 1.17 bits per heavy atom. The van der Waals surface area contributed by atoms with Gasteiger partial charge in [-0.25, -0.2) is 4.98 Å². The monoisotopic (exact) mass is 315 g/mol. The van der Waals surface area contributed by atoms with Crippen molar-refractivity contribution in [1.82, 2.24) is 4.98 Å². The summed E-state index contributed by atoms with van der Waals surface area (Å²) < 4.78 is 10.5. The van der Waals surface area contributed by atoms with Crippen molar-refractivity contribution < 1.29 is 14.3 Å². The maximum Gasteiger partial charge on any atom is 0.259 e. The molecular weight excluding hydrogens is 294 g/mol. The van der Waals surface area contributed by atoms with Gasteiger partial charge < -0.3 is 20.1 Å². The second-order valence-electron chi connectivity index (χ2n) is 5.22. The minimum absolute atomic E-state index is 0.169. The van der Waals surface area contributed by atoms with Crippen LogP contribution in [0.3, 0.4) is 0 Å². The Morgan fingerprint density at radius 2 is 1.96 bits per heavy atom. The van der Waals surface area contributed by atoms with Gasteiger partial charge in [0.15, 0.2) is 0 Å². The van der Waals surface area contributed by atoms with Crippen LogP contribution in [0.25, 0.3) is 0 Å². The molecule has 0 aliphatic carbocycles. The second kappa shape index (κ2) is 7.49. The second-order valence-corrected chi connectivity index (χ2v) is 5.22. The number of ether oxygens (including phenoxy) is 2. The van der Waals surface area contributed by atoms with Gasteiger partial charge in [0.1, 0.15) is 17.3 Å². The van der Waals surface area contributed by atoms with E-state index < -0.39 is 0 Å². The molecule has 0 spiro atoms. The fourth-order valence-corrected chi connectivity index (χ4v) is 2.08. The van der Waals surface area contributed by atoms with Gasteiger partial charge in [-0.1, -0.05) is 0 Å². The first-order valence-corrected chi connectivity index (χ1v) is 7.30. The van der Waals surface area contributed by atoms with Crippen molar-refractivity contribution in [3.8, 4) is 11.5 Å². The highest BCUT2D eigenvalue weighted by Gasteiger charge is 2.15. The molecule has 0 unspecified atom stereocenters. The molecule has 0 atom stereocenters. The highest BCUT2D eigenvalue weighted by molar-refractivity contribution is 6.08. The summed E-state index contributed by atoms with van der Waals surface area (Å²) in [5, 5.41) is 6.01. The third kappa shape index (κ3) is 4.12. The number of benzene rings is 1. The highest BCUT2D eigenvalue weighted by atomic mass is 16.5. The lowest BCUT2D eigenvalue weighted by atomic mass is 10.2. The molecule has 1 amide bonds. The lowest BCUT2D eigenvalue weighted by Crippen LogP contribution is -2.19. The zero-order valence-electron chi connectivity index (χ0n) is 13.7. The Morgan fingerprint density at radius 3 is 2.61 bits per heavy atom. The van der Waals surface area contributed by atoms with E-state index in [4.69, 9.17) is 9.47 Å². The van der Waals surface area contributed by atoms with Crippen molar-refractivity contribution in [2.45, 2.75) is 19.9 Å². The largest absolute Gasteiger partial charge is 0.497 e. The van der Waals surface area contributed by atoms with Crippen LogP contribution >= 0.6 is 0 Å². The van der Waals surface area contributed by atoms with Gasteiger partial charge in [0, 0.05) is 18.3 Å². The molecule has 0 bridgehead atoms. The smallest absolute Gasteiger partial charge is 0.259 e. The minimum Gasteiger partial charge on any atom is -0.497 e. The van der Waals surface area contributed by atoms with Crippen molar-refractivity contribution in [1.29, 1.82) is 0 Å². The Labute approximate surface area is 135 Å². The molecular formula is C17H21N3O3. The van der Waals surface area contributed by atoms with Crippen LogP contribution in [0.2, 0.25) is 0 Å². The molecule has 23 heavy (non-hydrogen) atoms. The number of rotatable bonds is 6. The van der Waals surface area contributed by atoms with Gasteiger partial charge in [-0.15, -0.1) is 0 Å². The average molecular weight is 315 g/mol. The summed E-state index contributed by atoms with van der Waals surface area (Å²) in [6, 6.07) is 8.84. The zero-order valence-corrected chi connectivity index (χ0v) is 13.7. The van der Waals surface area contributed by atoms with E-state index in [-0.39, 0.29) is 11.9 Å². The van der Waals surface area contributed by atoms with Crippen LogP contribution in [-0.2, 0) is 0 Å². The number of nitrogens with zero attached hydrogens (tertiary/aromatic N) is 1. The van der Waals surface area contributed by atoms with Gasteiger partial charge >= 0.3 is 0 Å². The molecule has 0 fully saturated rings. The number of hydrogen-bond donors (Lipinski definition) is 2. The Kier molecular flexibility index (Phi) is 5.41. The zero-order chi connectivity index (χ0) is 16.8. The van der Waals surface area contributed by atoms with Crippen LogP contribution in [-0.4, -0.2) is 31.2 Å². The number of hydrogen-bond acceptors (Lipinski definition) is 5. The first-order chi connectivity index (χ1) is 11.0.